The summed E-state index contributed by atoms with van der Waals surface area (Å²) in [5.41, 5.74) is 4.19. The van der Waals surface area contributed by atoms with Crippen molar-refractivity contribution in [1.82, 2.24) is 10.4 Å². The first kappa shape index (κ1) is 18.6. The summed E-state index contributed by atoms with van der Waals surface area (Å²) >= 11 is 0. The predicted molar refractivity (Wildman–Crippen MR) is 102 cm³/mol. The van der Waals surface area contributed by atoms with Crippen LogP contribution < -0.4 is 16.0 Å². The molecule has 3 aromatic rings. The van der Waals surface area contributed by atoms with Crippen molar-refractivity contribution in [3.05, 3.63) is 89.7 Å². The van der Waals surface area contributed by atoms with Crippen molar-refractivity contribution < 1.29 is 13.2 Å². The van der Waals surface area contributed by atoms with Gasteiger partial charge in [0.15, 0.2) is 0 Å². The van der Waals surface area contributed by atoms with Crippen LogP contribution in [-0.2, 0) is 16.4 Å². The third-order valence-electron chi connectivity index (χ3n) is 3.88. The highest BCUT2D eigenvalue weighted by Gasteiger charge is 2.19. The molecule has 138 valence electrons. The van der Waals surface area contributed by atoms with E-state index < -0.39 is 15.9 Å². The number of nitrogens with zero attached hydrogens (tertiary/aromatic N) is 1. The van der Waals surface area contributed by atoms with E-state index in [1.54, 1.807) is 60.8 Å². The van der Waals surface area contributed by atoms with Gasteiger partial charge in [0.05, 0.1) is 5.69 Å². The predicted octanol–water partition coefficient (Wildman–Crippen LogP) is 2.08. The molecule has 0 aliphatic carbocycles. The fraction of sp³-hybridized carbons (Fsp3) is 0.0526. The number of hydrogen-bond acceptors (Lipinski definition) is 5. The molecule has 0 aliphatic heterocycles. The molecule has 0 fully saturated rings. The molecule has 4 N–H and O–H groups in total. The monoisotopic (exact) mass is 382 g/mol. The van der Waals surface area contributed by atoms with Crippen LogP contribution in [0.25, 0.3) is 0 Å². The molecule has 2 aromatic carbocycles. The molecule has 1 amide bonds. The lowest BCUT2D eigenvalue weighted by molar-refractivity contribution is 0.0953. The molecule has 3 rings (SSSR count). The largest absolute Gasteiger partial charge is 0.290 e. The molecule has 0 radical (unpaired) electrons. The number of carbonyl (C=O) groups is 1. The number of rotatable bonds is 6. The van der Waals surface area contributed by atoms with Gasteiger partial charge < -0.3 is 0 Å². The third-order valence-corrected chi connectivity index (χ3v) is 5.34. The molecule has 8 heteroatoms. The topological polar surface area (TPSA) is 114 Å². The molecule has 0 bridgehead atoms. The van der Waals surface area contributed by atoms with Gasteiger partial charge in [-0.2, -0.15) is 0 Å². The first-order valence-electron chi connectivity index (χ1n) is 8.11. The van der Waals surface area contributed by atoms with Gasteiger partial charge in [-0.15, -0.1) is 0 Å². The number of amides is 1. The van der Waals surface area contributed by atoms with Gasteiger partial charge in [-0.25, -0.2) is 14.3 Å². The lowest BCUT2D eigenvalue weighted by Crippen LogP contribution is -2.29. The number of benzene rings is 2. The SMILES string of the molecule is NNC(=O)c1ccc(Cc2ncccc2S(=O)(=O)Nc2ccccc2)cc1. The molecule has 1 aromatic heterocycles. The Morgan fingerprint density at radius 3 is 2.33 bits per heavy atom. The van der Waals surface area contributed by atoms with E-state index in [9.17, 15) is 13.2 Å². The number of carbonyl (C=O) groups excluding carboxylic acids is 1. The van der Waals surface area contributed by atoms with Crippen LogP contribution in [0.4, 0.5) is 5.69 Å². The van der Waals surface area contributed by atoms with Crippen LogP contribution >= 0.6 is 0 Å². The molecule has 0 atom stereocenters. The number of nitrogen functional groups attached to an aromatic ring is 1. The van der Waals surface area contributed by atoms with Gasteiger partial charge in [0.1, 0.15) is 4.90 Å². The maximum atomic E-state index is 12.8. The second-order valence-electron chi connectivity index (χ2n) is 5.77. The molecule has 0 saturated heterocycles. The van der Waals surface area contributed by atoms with Gasteiger partial charge in [-0.1, -0.05) is 30.3 Å². The summed E-state index contributed by atoms with van der Waals surface area (Å²) in [4.78, 5) is 15.9. The van der Waals surface area contributed by atoms with Crippen molar-refractivity contribution >= 4 is 21.6 Å². The van der Waals surface area contributed by atoms with E-state index in [4.69, 9.17) is 5.84 Å². The zero-order chi connectivity index (χ0) is 19.3. The summed E-state index contributed by atoms with van der Waals surface area (Å²) in [5.74, 6) is 4.72. The van der Waals surface area contributed by atoms with Crippen LogP contribution in [0.3, 0.4) is 0 Å². The number of nitrogens with two attached hydrogens (primary N) is 1. The molecule has 1 heterocycles. The first-order chi connectivity index (χ1) is 13.0. The Hall–Kier alpha value is -3.23. The number of hydrazine groups is 1. The van der Waals surface area contributed by atoms with E-state index in [0.717, 1.165) is 5.56 Å². The summed E-state index contributed by atoms with van der Waals surface area (Å²) < 4.78 is 28.1. The van der Waals surface area contributed by atoms with Gasteiger partial charge in [-0.05, 0) is 42.0 Å². The Morgan fingerprint density at radius 1 is 0.963 bits per heavy atom. The van der Waals surface area contributed by atoms with E-state index >= 15 is 0 Å². The minimum Gasteiger partial charge on any atom is -0.290 e. The third kappa shape index (κ3) is 4.49. The quantitative estimate of drug-likeness (QED) is 0.343. The second kappa shape index (κ2) is 7.98. The molecule has 0 aliphatic rings. The fourth-order valence-corrected chi connectivity index (χ4v) is 3.82. The van der Waals surface area contributed by atoms with Crippen LogP contribution in [0, 0.1) is 0 Å². The van der Waals surface area contributed by atoms with Crippen LogP contribution in [0.15, 0.2) is 77.8 Å². The molecular weight excluding hydrogens is 364 g/mol. The Bertz CT molecular complexity index is 1040. The van der Waals surface area contributed by atoms with Crippen molar-refractivity contribution in [3.8, 4) is 0 Å². The number of sulfonamides is 1. The van der Waals surface area contributed by atoms with E-state index in [0.29, 0.717) is 23.4 Å². The van der Waals surface area contributed by atoms with Crippen molar-refractivity contribution in [2.24, 2.45) is 5.84 Å². The zero-order valence-corrected chi connectivity index (χ0v) is 15.1. The zero-order valence-electron chi connectivity index (χ0n) is 14.3. The lowest BCUT2D eigenvalue weighted by atomic mass is 10.1. The molecule has 0 saturated carbocycles. The average Bonchev–Trinajstić information content (AvgIpc) is 2.69. The first-order valence-corrected chi connectivity index (χ1v) is 9.59. The Morgan fingerprint density at radius 2 is 1.67 bits per heavy atom. The average molecular weight is 382 g/mol. The smallest absolute Gasteiger partial charge is 0.265 e. The number of para-hydroxylation sites is 1. The van der Waals surface area contributed by atoms with Crippen LogP contribution in [0.1, 0.15) is 21.6 Å². The normalized spacial score (nSPS) is 11.0. The molecule has 0 unspecified atom stereocenters. The number of pyridine rings is 1. The summed E-state index contributed by atoms with van der Waals surface area (Å²) in [5, 5.41) is 0. The fourth-order valence-electron chi connectivity index (χ4n) is 2.57. The van der Waals surface area contributed by atoms with E-state index in [-0.39, 0.29) is 4.90 Å². The van der Waals surface area contributed by atoms with Gasteiger partial charge in [0.25, 0.3) is 15.9 Å². The number of aromatic nitrogens is 1. The van der Waals surface area contributed by atoms with E-state index in [1.165, 1.54) is 6.07 Å². The summed E-state index contributed by atoms with van der Waals surface area (Å²) in [6.45, 7) is 0. The highest BCUT2D eigenvalue weighted by molar-refractivity contribution is 7.92. The van der Waals surface area contributed by atoms with Gasteiger partial charge in [0.2, 0.25) is 0 Å². The van der Waals surface area contributed by atoms with E-state index in [2.05, 4.69) is 15.1 Å². The Balaban J connectivity index is 1.87. The minimum absolute atomic E-state index is 0.109. The van der Waals surface area contributed by atoms with Gasteiger partial charge in [0, 0.05) is 23.9 Å². The lowest BCUT2D eigenvalue weighted by Gasteiger charge is -2.12. The van der Waals surface area contributed by atoms with Crippen molar-refractivity contribution in [2.75, 3.05) is 4.72 Å². The van der Waals surface area contributed by atoms with Crippen LogP contribution in [0.2, 0.25) is 0 Å². The number of anilines is 1. The number of hydrogen-bond donors (Lipinski definition) is 3. The molecule has 7 nitrogen and oxygen atoms in total. The van der Waals surface area contributed by atoms with E-state index in [1.807, 2.05) is 6.07 Å². The highest BCUT2D eigenvalue weighted by atomic mass is 32.2. The Kier molecular flexibility index (Phi) is 5.49. The maximum absolute atomic E-state index is 12.8. The van der Waals surface area contributed by atoms with Crippen LogP contribution in [-0.4, -0.2) is 19.3 Å². The van der Waals surface area contributed by atoms with Crippen molar-refractivity contribution in [2.45, 2.75) is 11.3 Å². The summed E-state index contributed by atoms with van der Waals surface area (Å²) in [6.07, 6.45) is 1.85. The molecule has 0 spiro atoms. The standard InChI is InChI=1S/C19H18N4O3S/c20-22-19(24)15-10-8-14(9-11-15)13-17-18(7-4-12-21-17)27(25,26)23-16-5-2-1-3-6-16/h1-12,23H,13,20H2,(H,22,24). The summed E-state index contributed by atoms with van der Waals surface area (Å²) in [7, 11) is -3.78. The van der Waals surface area contributed by atoms with Gasteiger partial charge >= 0.3 is 0 Å². The van der Waals surface area contributed by atoms with Crippen LogP contribution in [0.5, 0.6) is 0 Å². The highest BCUT2D eigenvalue weighted by Crippen LogP contribution is 2.20. The molecular formula is C19H18N4O3S. The summed E-state index contributed by atoms with van der Waals surface area (Å²) in [6, 6.07) is 18.5. The van der Waals surface area contributed by atoms with Crippen molar-refractivity contribution in [3.63, 3.8) is 0 Å². The maximum Gasteiger partial charge on any atom is 0.265 e. The number of nitrogens with one attached hydrogen (secondary N) is 2. The minimum atomic E-state index is -3.78. The van der Waals surface area contributed by atoms with Gasteiger partial charge in [-0.3, -0.25) is 19.9 Å². The Labute approximate surface area is 157 Å². The molecule has 27 heavy (non-hydrogen) atoms. The second-order valence-corrected chi connectivity index (χ2v) is 7.42. The van der Waals surface area contributed by atoms with Crippen molar-refractivity contribution in [1.29, 1.82) is 0 Å².